The second kappa shape index (κ2) is 18.1. The first-order valence-electron chi connectivity index (χ1n) is 14.9. The van der Waals surface area contributed by atoms with Gasteiger partial charge in [-0.3, -0.25) is 19.3 Å². The van der Waals surface area contributed by atoms with Crippen molar-refractivity contribution in [3.63, 3.8) is 0 Å². The highest BCUT2D eigenvalue weighted by Crippen LogP contribution is 2.21. The minimum absolute atomic E-state index is 0.0776. The smallest absolute Gasteiger partial charge is 0.242 e. The molecule has 38 heavy (non-hydrogen) atoms. The number of aliphatic hydroxyl groups is 1. The summed E-state index contributed by atoms with van der Waals surface area (Å²) >= 11 is 0. The summed E-state index contributed by atoms with van der Waals surface area (Å²) in [6.45, 7) is 7.14. The van der Waals surface area contributed by atoms with E-state index in [-0.39, 0.29) is 29.9 Å². The first-order valence-corrected chi connectivity index (χ1v) is 14.9. The average Bonchev–Trinajstić information content (AvgIpc) is 3.40. The number of benzene rings is 1. The van der Waals surface area contributed by atoms with Crippen LogP contribution in [0.5, 0.6) is 0 Å². The Labute approximate surface area is 230 Å². The van der Waals surface area contributed by atoms with Crippen molar-refractivity contribution in [1.82, 2.24) is 15.5 Å². The molecule has 0 spiro atoms. The van der Waals surface area contributed by atoms with Gasteiger partial charge in [0.25, 0.3) is 0 Å². The van der Waals surface area contributed by atoms with Gasteiger partial charge in [-0.05, 0) is 30.7 Å². The van der Waals surface area contributed by atoms with Gasteiger partial charge in [0.2, 0.25) is 11.8 Å². The number of amides is 2. The lowest BCUT2D eigenvalue weighted by Crippen LogP contribution is -2.56. The van der Waals surface area contributed by atoms with Gasteiger partial charge in [0.1, 0.15) is 6.04 Å². The molecule has 1 aromatic carbocycles. The van der Waals surface area contributed by atoms with E-state index < -0.39 is 18.3 Å². The molecule has 214 valence electrons. The molecule has 1 aliphatic heterocycles. The Balaban J connectivity index is 1.74. The predicted molar refractivity (Wildman–Crippen MR) is 153 cm³/mol. The zero-order valence-corrected chi connectivity index (χ0v) is 23.9. The Hall–Kier alpha value is -2.25. The highest BCUT2D eigenvalue weighted by Gasteiger charge is 2.39. The maximum Gasteiger partial charge on any atom is 0.242 e. The Morgan fingerprint density at radius 2 is 1.55 bits per heavy atom. The molecular weight excluding hydrogens is 478 g/mol. The normalized spacial score (nSPS) is 17.3. The number of Topliss-reactive ketones (excluding diaryl/α,β-unsaturated/α-hetero) is 1. The van der Waals surface area contributed by atoms with E-state index in [4.69, 9.17) is 0 Å². The van der Waals surface area contributed by atoms with Crippen LogP contribution in [0.25, 0.3) is 0 Å². The third-order valence-corrected chi connectivity index (χ3v) is 7.50. The number of aliphatic hydroxyl groups excluding tert-OH is 1. The summed E-state index contributed by atoms with van der Waals surface area (Å²) in [7, 11) is 0. The van der Waals surface area contributed by atoms with Crippen LogP contribution in [0.1, 0.15) is 103 Å². The lowest BCUT2D eigenvalue weighted by atomic mass is 10.0. The summed E-state index contributed by atoms with van der Waals surface area (Å²) in [4.78, 5) is 40.3. The number of ketones is 1. The van der Waals surface area contributed by atoms with Crippen molar-refractivity contribution < 1.29 is 19.5 Å². The van der Waals surface area contributed by atoms with Gasteiger partial charge in [-0.1, -0.05) is 109 Å². The topological polar surface area (TPSA) is 98.7 Å². The Morgan fingerprint density at radius 3 is 2.16 bits per heavy atom. The fraction of sp³-hybridized carbons (Fsp3) is 0.710. The summed E-state index contributed by atoms with van der Waals surface area (Å²) in [5, 5.41) is 16.6. The highest BCUT2D eigenvalue weighted by atomic mass is 16.3. The van der Waals surface area contributed by atoms with E-state index in [2.05, 4.69) is 17.6 Å². The maximum absolute atomic E-state index is 13.2. The summed E-state index contributed by atoms with van der Waals surface area (Å²) in [5.41, 5.74) is 0.829. The molecular formula is C31H51N3O4. The van der Waals surface area contributed by atoms with Gasteiger partial charge >= 0.3 is 0 Å². The molecule has 1 aliphatic rings. The Morgan fingerprint density at radius 1 is 0.947 bits per heavy atom. The second-order valence-electron chi connectivity index (χ2n) is 11.1. The number of likely N-dealkylation sites (tertiary alicyclic amines) is 1. The maximum atomic E-state index is 13.2. The number of carbonyl (C=O) groups is 3. The van der Waals surface area contributed by atoms with Crippen molar-refractivity contribution >= 4 is 17.6 Å². The van der Waals surface area contributed by atoms with Crippen molar-refractivity contribution in [2.45, 2.75) is 123 Å². The highest BCUT2D eigenvalue weighted by molar-refractivity contribution is 5.91. The van der Waals surface area contributed by atoms with Crippen LogP contribution < -0.4 is 10.6 Å². The van der Waals surface area contributed by atoms with Gasteiger partial charge in [-0.25, -0.2) is 0 Å². The van der Waals surface area contributed by atoms with Crippen LogP contribution in [0, 0.1) is 5.92 Å². The van der Waals surface area contributed by atoms with Gasteiger partial charge < -0.3 is 15.7 Å². The van der Waals surface area contributed by atoms with E-state index in [0.29, 0.717) is 25.9 Å². The number of nitrogens with zero attached hydrogens (tertiary/aromatic N) is 1. The molecule has 0 aliphatic carbocycles. The molecule has 3 N–H and O–H groups in total. The van der Waals surface area contributed by atoms with E-state index in [1.54, 1.807) is 4.90 Å². The van der Waals surface area contributed by atoms with E-state index in [0.717, 1.165) is 18.4 Å². The number of nitrogens with one attached hydrogen (secondary N) is 2. The number of hydrogen-bond acceptors (Lipinski definition) is 5. The first-order chi connectivity index (χ1) is 18.3. The molecule has 1 fully saturated rings. The predicted octanol–water partition coefficient (Wildman–Crippen LogP) is 4.76. The SMILES string of the molecule is CCCCCCCCCCCCNC(=O)[C@@H](NC(=O)[C@@H]1CCCN1C(O)C(=O)Cc1ccccc1)C(C)C. The molecule has 0 radical (unpaired) electrons. The van der Waals surface area contributed by atoms with Crippen LogP contribution >= 0.6 is 0 Å². The standard InChI is InChI=1S/C31H51N3O4/c1-4-5-6-7-8-9-10-11-12-16-21-32-30(37)28(24(2)3)33-29(36)26-20-17-22-34(26)31(38)27(35)23-25-18-14-13-15-19-25/h13-15,18-19,24,26,28,31,38H,4-12,16-17,20-23H2,1-3H3,(H,32,37)(H,33,36)/t26-,28-,31?/m0/s1. The van der Waals surface area contributed by atoms with E-state index in [1.807, 2.05) is 44.2 Å². The number of rotatable bonds is 19. The summed E-state index contributed by atoms with van der Waals surface area (Å²) in [6.07, 6.45) is 12.4. The number of hydrogen-bond donors (Lipinski definition) is 3. The molecule has 2 amide bonds. The molecule has 2 rings (SSSR count). The van der Waals surface area contributed by atoms with Gasteiger partial charge in [0.15, 0.2) is 12.0 Å². The van der Waals surface area contributed by atoms with Gasteiger partial charge in [-0.15, -0.1) is 0 Å². The van der Waals surface area contributed by atoms with E-state index >= 15 is 0 Å². The molecule has 0 saturated carbocycles. The molecule has 0 aromatic heterocycles. The van der Waals surface area contributed by atoms with E-state index in [1.165, 1.54) is 51.4 Å². The largest absolute Gasteiger partial charge is 0.371 e. The monoisotopic (exact) mass is 529 g/mol. The van der Waals surface area contributed by atoms with Crippen molar-refractivity contribution in [2.75, 3.05) is 13.1 Å². The zero-order chi connectivity index (χ0) is 27.8. The Kier molecular flexibility index (Phi) is 15.2. The molecule has 1 saturated heterocycles. The van der Waals surface area contributed by atoms with Crippen LogP contribution in [0.2, 0.25) is 0 Å². The molecule has 3 atom stereocenters. The van der Waals surface area contributed by atoms with Gasteiger partial charge in [0.05, 0.1) is 6.04 Å². The number of carbonyl (C=O) groups excluding carboxylic acids is 3. The molecule has 1 aromatic rings. The summed E-state index contributed by atoms with van der Waals surface area (Å²) in [6, 6.07) is 8.01. The minimum atomic E-state index is -1.34. The van der Waals surface area contributed by atoms with Crippen LogP contribution in [0.15, 0.2) is 30.3 Å². The lowest BCUT2D eigenvalue weighted by Gasteiger charge is -2.30. The molecule has 1 heterocycles. The van der Waals surface area contributed by atoms with Gasteiger partial charge in [-0.2, -0.15) is 0 Å². The van der Waals surface area contributed by atoms with Crippen LogP contribution in [-0.4, -0.2) is 59.0 Å². The quantitative estimate of drug-likeness (QED) is 0.225. The fourth-order valence-corrected chi connectivity index (χ4v) is 5.15. The van der Waals surface area contributed by atoms with Gasteiger partial charge in [0, 0.05) is 19.5 Å². The van der Waals surface area contributed by atoms with Crippen LogP contribution in [0.3, 0.4) is 0 Å². The van der Waals surface area contributed by atoms with Crippen LogP contribution in [-0.2, 0) is 20.8 Å². The third-order valence-electron chi connectivity index (χ3n) is 7.50. The molecule has 1 unspecified atom stereocenters. The molecule has 0 bridgehead atoms. The molecule has 7 heteroatoms. The Bertz CT molecular complexity index is 830. The fourth-order valence-electron chi connectivity index (χ4n) is 5.15. The van der Waals surface area contributed by atoms with Crippen molar-refractivity contribution in [3.8, 4) is 0 Å². The van der Waals surface area contributed by atoms with Crippen molar-refractivity contribution in [2.24, 2.45) is 5.92 Å². The first kappa shape index (κ1) is 32.0. The minimum Gasteiger partial charge on any atom is -0.371 e. The lowest BCUT2D eigenvalue weighted by molar-refractivity contribution is -0.143. The molecule has 7 nitrogen and oxygen atoms in total. The average molecular weight is 530 g/mol. The van der Waals surface area contributed by atoms with Crippen molar-refractivity contribution in [1.29, 1.82) is 0 Å². The summed E-state index contributed by atoms with van der Waals surface area (Å²) < 4.78 is 0. The second-order valence-corrected chi connectivity index (χ2v) is 11.1. The van der Waals surface area contributed by atoms with Crippen LogP contribution in [0.4, 0.5) is 0 Å². The summed E-state index contributed by atoms with van der Waals surface area (Å²) in [5.74, 6) is -0.881. The van der Waals surface area contributed by atoms with E-state index in [9.17, 15) is 19.5 Å². The zero-order valence-electron chi connectivity index (χ0n) is 23.9. The number of unbranched alkanes of at least 4 members (excludes halogenated alkanes) is 9. The third kappa shape index (κ3) is 11.2. The van der Waals surface area contributed by atoms with Crippen molar-refractivity contribution in [3.05, 3.63) is 35.9 Å².